The van der Waals surface area contributed by atoms with E-state index in [1.807, 2.05) is 36.4 Å². The largest absolute Gasteiger partial charge is 0.508 e. The van der Waals surface area contributed by atoms with Crippen LogP contribution in [-0.2, 0) is 9.59 Å². The Hall–Kier alpha value is -5.50. The number of carbonyl (C=O) groups excluding carboxylic acids is 2. The van der Waals surface area contributed by atoms with E-state index in [0.717, 1.165) is 28.2 Å². The molecule has 0 amide bonds. The van der Waals surface area contributed by atoms with Crippen LogP contribution in [0.3, 0.4) is 0 Å². The summed E-state index contributed by atoms with van der Waals surface area (Å²) in [6, 6.07) is 21.2. The second kappa shape index (κ2) is 13.9. The zero-order valence-corrected chi connectivity index (χ0v) is 24.2. The number of benzene rings is 4. The number of methoxy groups -OCH3 is 3. The Morgan fingerprint density at radius 1 is 0.721 bits per heavy atom. The molecule has 8 heteroatoms. The number of aliphatic hydroxyl groups is 1. The molecule has 0 aromatic heterocycles. The lowest BCUT2D eigenvalue weighted by molar-refractivity contribution is -0.135. The Bertz CT molecular complexity index is 1730. The maximum absolute atomic E-state index is 13.0. The number of rotatable bonds is 11. The lowest BCUT2D eigenvalue weighted by Crippen LogP contribution is -2.16. The lowest BCUT2D eigenvalue weighted by atomic mass is 9.98. The zero-order valence-electron chi connectivity index (χ0n) is 24.2. The van der Waals surface area contributed by atoms with Gasteiger partial charge in [0.25, 0.3) is 0 Å². The number of carbonyl (C=O) groups is 2. The highest BCUT2D eigenvalue weighted by atomic mass is 16.6. The Kier molecular flexibility index (Phi) is 9.85. The van der Waals surface area contributed by atoms with Crippen LogP contribution in [0.2, 0.25) is 0 Å². The first-order chi connectivity index (χ1) is 20.7. The Balaban J connectivity index is 1.40. The van der Waals surface area contributed by atoms with Gasteiger partial charge in [-0.1, -0.05) is 48.6 Å². The van der Waals surface area contributed by atoms with Gasteiger partial charge in [0, 0.05) is 6.08 Å². The molecule has 0 aliphatic rings. The molecule has 0 radical (unpaired) electrons. The number of hydrogen-bond donors (Lipinski definition) is 2. The van der Waals surface area contributed by atoms with Gasteiger partial charge in [-0.3, -0.25) is 9.59 Å². The van der Waals surface area contributed by atoms with Gasteiger partial charge in [0.15, 0.2) is 28.8 Å². The monoisotopic (exact) mass is 580 g/mol. The van der Waals surface area contributed by atoms with E-state index in [-0.39, 0.29) is 17.3 Å². The third-order valence-corrected chi connectivity index (χ3v) is 6.70. The minimum Gasteiger partial charge on any atom is -0.508 e. The van der Waals surface area contributed by atoms with Crippen molar-refractivity contribution in [3.63, 3.8) is 0 Å². The highest BCUT2D eigenvalue weighted by Crippen LogP contribution is 2.32. The van der Waals surface area contributed by atoms with Gasteiger partial charge < -0.3 is 29.2 Å². The van der Waals surface area contributed by atoms with Crippen LogP contribution < -0.4 is 18.9 Å². The van der Waals surface area contributed by atoms with Crippen LogP contribution in [0.4, 0.5) is 0 Å². The molecular weight excluding hydrogens is 548 g/mol. The molecule has 0 aliphatic carbocycles. The van der Waals surface area contributed by atoms with E-state index in [4.69, 9.17) is 18.9 Å². The van der Waals surface area contributed by atoms with Gasteiger partial charge in [-0.15, -0.1) is 0 Å². The number of hydrogen-bond acceptors (Lipinski definition) is 8. The third kappa shape index (κ3) is 7.83. The summed E-state index contributed by atoms with van der Waals surface area (Å²) in [4.78, 5) is 25.4. The number of ether oxygens (including phenoxy) is 4. The first-order valence-corrected chi connectivity index (χ1v) is 13.4. The van der Waals surface area contributed by atoms with Crippen molar-refractivity contribution < 1.29 is 38.7 Å². The molecule has 0 fully saturated rings. The van der Waals surface area contributed by atoms with E-state index >= 15 is 0 Å². The molecule has 4 aromatic rings. The number of allylic oxidation sites excluding steroid dienone is 3. The smallest absolute Gasteiger partial charge is 0.318 e. The van der Waals surface area contributed by atoms with Gasteiger partial charge in [0.05, 0.1) is 27.2 Å². The van der Waals surface area contributed by atoms with Crippen molar-refractivity contribution in [3.8, 4) is 28.7 Å². The summed E-state index contributed by atoms with van der Waals surface area (Å²) >= 11 is 0. The number of phenolic OH excluding ortho intramolecular Hbond substituents is 1. The summed E-state index contributed by atoms with van der Waals surface area (Å²) in [5.41, 5.74) is 2.11. The van der Waals surface area contributed by atoms with E-state index in [0.29, 0.717) is 22.6 Å². The van der Waals surface area contributed by atoms with Crippen molar-refractivity contribution in [2.75, 3.05) is 21.3 Å². The molecule has 0 unspecified atom stereocenters. The summed E-state index contributed by atoms with van der Waals surface area (Å²) in [5, 5.41) is 21.8. The standard InChI is InChI=1S/C35H32O8/c1-22(25-9-10-27-20-30(40-2)14-11-26(27)19-25)35(39)43-32-16-8-24(18-34(32)42-4)6-13-29(37)21-28(36)12-5-23-7-15-31(38)33(17-23)41-3/h5-22,36,38H,1-4H3/b12-5+,13-6+,28-21-/t22-/m0/s1. The Morgan fingerprint density at radius 3 is 2.09 bits per heavy atom. The van der Waals surface area contributed by atoms with Gasteiger partial charge in [-0.25, -0.2) is 0 Å². The van der Waals surface area contributed by atoms with Gasteiger partial charge >= 0.3 is 5.97 Å². The van der Waals surface area contributed by atoms with Crippen LogP contribution in [0.5, 0.6) is 28.7 Å². The number of aromatic hydroxyl groups is 1. The minimum absolute atomic E-state index is 0.0000476. The number of phenols is 1. The number of aliphatic hydroxyl groups excluding tert-OH is 1. The molecule has 8 nitrogen and oxygen atoms in total. The lowest BCUT2D eigenvalue weighted by Gasteiger charge is -2.15. The molecular formula is C35H32O8. The van der Waals surface area contributed by atoms with Crippen molar-refractivity contribution >= 4 is 34.7 Å². The maximum atomic E-state index is 13.0. The second-order valence-corrected chi connectivity index (χ2v) is 9.60. The molecule has 0 bridgehead atoms. The van der Waals surface area contributed by atoms with E-state index in [1.54, 1.807) is 56.5 Å². The van der Waals surface area contributed by atoms with Crippen molar-refractivity contribution in [1.82, 2.24) is 0 Å². The van der Waals surface area contributed by atoms with Crippen molar-refractivity contribution in [1.29, 1.82) is 0 Å². The van der Waals surface area contributed by atoms with Crippen LogP contribution >= 0.6 is 0 Å². The maximum Gasteiger partial charge on any atom is 0.318 e. The molecule has 4 rings (SSSR count). The molecule has 0 spiro atoms. The highest BCUT2D eigenvalue weighted by molar-refractivity contribution is 6.02. The fraction of sp³-hybridized carbons (Fsp3) is 0.143. The summed E-state index contributed by atoms with van der Waals surface area (Å²) in [6.07, 6.45) is 6.86. The molecule has 1 atom stereocenters. The number of ketones is 1. The summed E-state index contributed by atoms with van der Waals surface area (Å²) in [5.74, 6) is -0.0282. The first kappa shape index (κ1) is 30.5. The second-order valence-electron chi connectivity index (χ2n) is 9.60. The summed E-state index contributed by atoms with van der Waals surface area (Å²) in [7, 11) is 4.52. The quantitative estimate of drug-likeness (QED) is 0.0640. The Labute approximate surface area is 249 Å². The fourth-order valence-electron chi connectivity index (χ4n) is 4.24. The zero-order chi connectivity index (χ0) is 30.9. The van der Waals surface area contributed by atoms with Gasteiger partial charge in [-0.2, -0.15) is 0 Å². The van der Waals surface area contributed by atoms with Crippen LogP contribution in [0, 0.1) is 0 Å². The predicted octanol–water partition coefficient (Wildman–Crippen LogP) is 7.02. The molecule has 0 saturated carbocycles. The third-order valence-electron chi connectivity index (χ3n) is 6.70. The molecule has 2 N–H and O–H groups in total. The van der Waals surface area contributed by atoms with Crippen molar-refractivity contribution in [2.45, 2.75) is 12.8 Å². The molecule has 4 aromatic carbocycles. The Morgan fingerprint density at radius 2 is 1.37 bits per heavy atom. The van der Waals surface area contributed by atoms with Crippen molar-refractivity contribution in [2.24, 2.45) is 0 Å². The molecule has 220 valence electrons. The van der Waals surface area contributed by atoms with Crippen LogP contribution in [0.1, 0.15) is 29.5 Å². The molecule has 0 heterocycles. The minimum atomic E-state index is -0.530. The average molecular weight is 581 g/mol. The SMILES string of the molecule is COc1ccc2cc([C@H](C)C(=O)Oc3ccc(/C=C/C(=O)/C=C(O)/C=C/c4ccc(O)c(OC)c4)cc3OC)ccc2c1. The average Bonchev–Trinajstić information content (AvgIpc) is 3.02. The van der Waals surface area contributed by atoms with E-state index in [9.17, 15) is 19.8 Å². The highest BCUT2D eigenvalue weighted by Gasteiger charge is 2.20. The predicted molar refractivity (Wildman–Crippen MR) is 166 cm³/mol. The normalized spacial score (nSPS) is 12.4. The van der Waals surface area contributed by atoms with E-state index < -0.39 is 17.7 Å². The van der Waals surface area contributed by atoms with Crippen LogP contribution in [0.25, 0.3) is 22.9 Å². The molecule has 0 saturated heterocycles. The number of fused-ring (bicyclic) bond motifs is 1. The summed E-state index contributed by atoms with van der Waals surface area (Å²) < 4.78 is 21.4. The van der Waals surface area contributed by atoms with E-state index in [2.05, 4.69) is 0 Å². The van der Waals surface area contributed by atoms with Gasteiger partial charge in [0.2, 0.25) is 0 Å². The number of esters is 1. The first-order valence-electron chi connectivity index (χ1n) is 13.4. The van der Waals surface area contributed by atoms with Crippen LogP contribution in [0.15, 0.2) is 96.8 Å². The molecule has 43 heavy (non-hydrogen) atoms. The van der Waals surface area contributed by atoms with Crippen molar-refractivity contribution in [3.05, 3.63) is 113 Å². The molecule has 0 aliphatic heterocycles. The van der Waals surface area contributed by atoms with E-state index in [1.165, 1.54) is 32.4 Å². The topological polar surface area (TPSA) is 112 Å². The summed E-state index contributed by atoms with van der Waals surface area (Å²) in [6.45, 7) is 1.78. The fourth-order valence-corrected chi connectivity index (χ4v) is 4.24. The van der Waals surface area contributed by atoms with Gasteiger partial charge in [-0.05, 0) is 82.9 Å². The van der Waals surface area contributed by atoms with Gasteiger partial charge in [0.1, 0.15) is 11.5 Å². The van der Waals surface area contributed by atoms with Crippen LogP contribution in [-0.4, -0.2) is 43.3 Å².